The first-order valence-corrected chi connectivity index (χ1v) is 5.73. The van der Waals surface area contributed by atoms with Crippen LogP contribution in [0.3, 0.4) is 0 Å². The van der Waals surface area contributed by atoms with Gasteiger partial charge in [0.05, 0.1) is 24.8 Å². The van der Waals surface area contributed by atoms with Crippen LogP contribution in [0.15, 0.2) is 10.2 Å². The highest BCUT2D eigenvalue weighted by molar-refractivity contribution is 4.98. The molecule has 104 valence electrons. The van der Waals surface area contributed by atoms with Crippen molar-refractivity contribution in [2.24, 2.45) is 10.2 Å². The standard InChI is InChI=1S/C9H14N6O4/c1-9(2)18-7-6(16)5(13-15-11)4(3-12-14-10)17-8(7)19-9/h4-8,16H,3H2,1-2H3/t4-,5-,6-,7+,8+/m1/s1. The van der Waals surface area contributed by atoms with E-state index in [4.69, 9.17) is 25.3 Å². The van der Waals surface area contributed by atoms with E-state index in [0.717, 1.165) is 0 Å². The Balaban J connectivity index is 2.22. The van der Waals surface area contributed by atoms with E-state index in [1.165, 1.54) is 0 Å². The van der Waals surface area contributed by atoms with E-state index < -0.39 is 36.4 Å². The molecule has 2 fully saturated rings. The van der Waals surface area contributed by atoms with Crippen LogP contribution in [0.25, 0.3) is 20.9 Å². The molecular weight excluding hydrogens is 256 g/mol. The lowest BCUT2D eigenvalue weighted by Gasteiger charge is -2.37. The van der Waals surface area contributed by atoms with E-state index in [-0.39, 0.29) is 6.54 Å². The van der Waals surface area contributed by atoms with Gasteiger partial charge in [-0.15, -0.1) is 0 Å². The zero-order chi connectivity index (χ0) is 14.0. The molecule has 2 saturated heterocycles. The third-order valence-electron chi connectivity index (χ3n) is 2.97. The summed E-state index contributed by atoms with van der Waals surface area (Å²) in [5, 5.41) is 17.1. The number of ether oxygens (including phenoxy) is 3. The Morgan fingerprint density at radius 3 is 2.63 bits per heavy atom. The van der Waals surface area contributed by atoms with Gasteiger partial charge in [-0.05, 0) is 24.9 Å². The summed E-state index contributed by atoms with van der Waals surface area (Å²) in [6.45, 7) is 3.31. The number of hydrogen-bond acceptors (Lipinski definition) is 6. The second kappa shape index (κ2) is 5.22. The van der Waals surface area contributed by atoms with Crippen LogP contribution in [-0.4, -0.2) is 48.1 Å². The predicted molar refractivity (Wildman–Crippen MR) is 61.7 cm³/mol. The van der Waals surface area contributed by atoms with Crippen LogP contribution in [-0.2, 0) is 14.2 Å². The Bertz CT molecular complexity index is 444. The number of hydrogen-bond donors (Lipinski definition) is 1. The van der Waals surface area contributed by atoms with E-state index in [9.17, 15) is 5.11 Å². The monoisotopic (exact) mass is 270 g/mol. The van der Waals surface area contributed by atoms with Crippen molar-refractivity contribution in [1.29, 1.82) is 0 Å². The molecule has 2 aliphatic rings. The SMILES string of the molecule is CC1(C)O[C@@H]2O[C@H](CN=[N+]=[N-])[C@@H](N=[N+]=[N-])[C@@H](O)[C@@H]2O1. The highest BCUT2D eigenvalue weighted by Crippen LogP contribution is 2.37. The first kappa shape index (κ1) is 13.9. The molecule has 0 radical (unpaired) electrons. The second-order valence-electron chi connectivity index (χ2n) is 4.74. The molecule has 0 saturated carbocycles. The second-order valence-corrected chi connectivity index (χ2v) is 4.74. The maximum Gasteiger partial charge on any atom is 0.190 e. The topological polar surface area (TPSA) is 145 Å². The summed E-state index contributed by atoms with van der Waals surface area (Å²) in [6.07, 6.45) is -3.36. The van der Waals surface area contributed by atoms with Crippen molar-refractivity contribution in [3.8, 4) is 0 Å². The van der Waals surface area contributed by atoms with Crippen molar-refractivity contribution in [2.75, 3.05) is 6.54 Å². The highest BCUT2D eigenvalue weighted by Gasteiger charge is 2.53. The normalized spacial score (nSPS) is 39.8. The largest absolute Gasteiger partial charge is 0.390 e. The van der Waals surface area contributed by atoms with Crippen molar-refractivity contribution in [3.63, 3.8) is 0 Å². The molecule has 2 heterocycles. The van der Waals surface area contributed by atoms with Crippen LogP contribution in [0.2, 0.25) is 0 Å². The average molecular weight is 270 g/mol. The minimum atomic E-state index is -1.09. The summed E-state index contributed by atoms with van der Waals surface area (Å²) < 4.78 is 16.5. The summed E-state index contributed by atoms with van der Waals surface area (Å²) in [7, 11) is 0. The van der Waals surface area contributed by atoms with Crippen LogP contribution in [0.5, 0.6) is 0 Å². The third-order valence-corrected chi connectivity index (χ3v) is 2.97. The lowest BCUT2D eigenvalue weighted by atomic mass is 9.97. The number of aliphatic hydroxyl groups excluding tert-OH is 1. The molecule has 5 atom stereocenters. The maximum absolute atomic E-state index is 10.2. The first-order chi connectivity index (χ1) is 8.98. The molecule has 19 heavy (non-hydrogen) atoms. The minimum absolute atomic E-state index is 0.0652. The van der Waals surface area contributed by atoms with E-state index in [0.29, 0.717) is 0 Å². The van der Waals surface area contributed by atoms with Crippen molar-refractivity contribution < 1.29 is 19.3 Å². The van der Waals surface area contributed by atoms with Crippen LogP contribution in [0.1, 0.15) is 13.8 Å². The van der Waals surface area contributed by atoms with Gasteiger partial charge in [0.2, 0.25) is 0 Å². The van der Waals surface area contributed by atoms with Gasteiger partial charge in [-0.3, -0.25) is 0 Å². The van der Waals surface area contributed by atoms with Gasteiger partial charge in [0, 0.05) is 9.82 Å². The molecule has 0 aromatic rings. The van der Waals surface area contributed by atoms with Crippen LogP contribution >= 0.6 is 0 Å². The molecule has 2 rings (SSSR count). The van der Waals surface area contributed by atoms with Gasteiger partial charge in [-0.2, -0.15) is 0 Å². The summed E-state index contributed by atoms with van der Waals surface area (Å²) in [5.41, 5.74) is 16.9. The molecule has 0 aromatic carbocycles. The lowest BCUT2D eigenvalue weighted by molar-refractivity contribution is -0.221. The fourth-order valence-electron chi connectivity index (χ4n) is 2.23. The van der Waals surface area contributed by atoms with E-state index in [1.807, 2.05) is 0 Å². The molecule has 0 amide bonds. The van der Waals surface area contributed by atoms with Gasteiger partial charge in [0.15, 0.2) is 12.1 Å². The molecule has 10 nitrogen and oxygen atoms in total. The maximum atomic E-state index is 10.2. The molecule has 0 aliphatic carbocycles. The van der Waals surface area contributed by atoms with Crippen molar-refractivity contribution >= 4 is 0 Å². The Morgan fingerprint density at radius 2 is 2.00 bits per heavy atom. The Morgan fingerprint density at radius 1 is 1.26 bits per heavy atom. The van der Waals surface area contributed by atoms with Crippen LogP contribution < -0.4 is 0 Å². The molecule has 0 unspecified atom stereocenters. The summed E-state index contributed by atoms with van der Waals surface area (Å²) in [5.74, 6) is -0.898. The smallest absolute Gasteiger partial charge is 0.190 e. The molecule has 0 spiro atoms. The fraction of sp³-hybridized carbons (Fsp3) is 1.00. The summed E-state index contributed by atoms with van der Waals surface area (Å²) in [4.78, 5) is 5.29. The van der Waals surface area contributed by atoms with Gasteiger partial charge >= 0.3 is 0 Å². The molecule has 1 N–H and O–H groups in total. The molecular formula is C9H14N6O4. The zero-order valence-corrected chi connectivity index (χ0v) is 10.4. The van der Waals surface area contributed by atoms with Gasteiger partial charge in [-0.1, -0.05) is 10.2 Å². The van der Waals surface area contributed by atoms with Crippen LogP contribution in [0, 0.1) is 0 Å². The number of azide groups is 2. The third kappa shape index (κ3) is 2.74. The van der Waals surface area contributed by atoms with E-state index in [1.54, 1.807) is 13.8 Å². The summed E-state index contributed by atoms with van der Waals surface area (Å²) in [6, 6.07) is -0.894. The Labute approximate surface area is 108 Å². The Kier molecular flexibility index (Phi) is 3.81. The van der Waals surface area contributed by atoms with E-state index >= 15 is 0 Å². The summed E-state index contributed by atoms with van der Waals surface area (Å²) >= 11 is 0. The zero-order valence-electron chi connectivity index (χ0n) is 10.4. The molecule has 10 heteroatoms. The predicted octanol–water partition coefficient (Wildman–Crippen LogP) is 1.21. The van der Waals surface area contributed by atoms with Crippen molar-refractivity contribution in [3.05, 3.63) is 20.9 Å². The lowest BCUT2D eigenvalue weighted by Crippen LogP contribution is -2.56. The number of nitrogens with zero attached hydrogens (tertiary/aromatic N) is 6. The van der Waals surface area contributed by atoms with Crippen LogP contribution in [0.4, 0.5) is 0 Å². The van der Waals surface area contributed by atoms with E-state index in [2.05, 4.69) is 20.1 Å². The van der Waals surface area contributed by atoms with Gasteiger partial charge < -0.3 is 19.3 Å². The highest BCUT2D eigenvalue weighted by atomic mass is 16.8. The van der Waals surface area contributed by atoms with Gasteiger partial charge in [0.1, 0.15) is 6.10 Å². The average Bonchev–Trinajstić information content (AvgIpc) is 2.66. The quantitative estimate of drug-likeness (QED) is 0.466. The first-order valence-electron chi connectivity index (χ1n) is 5.73. The van der Waals surface area contributed by atoms with Crippen molar-refractivity contribution in [2.45, 2.75) is 50.3 Å². The van der Waals surface area contributed by atoms with Crippen molar-refractivity contribution in [1.82, 2.24) is 0 Å². The van der Waals surface area contributed by atoms with Gasteiger partial charge in [-0.25, -0.2) is 0 Å². The molecule has 2 aliphatic heterocycles. The Hall–Kier alpha value is -1.54. The number of fused-ring (bicyclic) bond motifs is 1. The molecule has 0 bridgehead atoms. The fourth-order valence-corrected chi connectivity index (χ4v) is 2.23. The minimum Gasteiger partial charge on any atom is -0.390 e. The number of aliphatic hydroxyl groups is 1. The van der Waals surface area contributed by atoms with Gasteiger partial charge in [0.25, 0.3) is 0 Å². The molecule has 0 aromatic heterocycles. The number of rotatable bonds is 3.